The zero-order chi connectivity index (χ0) is 22.2. The lowest BCUT2D eigenvalue weighted by molar-refractivity contribution is -0.00530. The third-order valence-electron chi connectivity index (χ3n) is 12.1. The molecule has 11 rings (SSSR count). The Hall–Kier alpha value is -1.89. The van der Waals surface area contributed by atoms with Gasteiger partial charge >= 0.3 is 0 Å². The third-order valence-corrected chi connectivity index (χ3v) is 12.1. The van der Waals surface area contributed by atoms with Gasteiger partial charge in [0.1, 0.15) is 0 Å². The van der Waals surface area contributed by atoms with E-state index in [1.807, 2.05) is 0 Å². The quantitative estimate of drug-likeness (QED) is 0.390. The summed E-state index contributed by atoms with van der Waals surface area (Å²) < 4.78 is 0. The lowest BCUT2D eigenvalue weighted by atomic mass is 9.48. The molecule has 0 saturated heterocycles. The third kappa shape index (κ3) is 2.45. The molecule has 8 bridgehead atoms. The number of ketones is 1. The van der Waals surface area contributed by atoms with E-state index in [2.05, 4.69) is 36.4 Å². The first-order valence-corrected chi connectivity index (χ1v) is 14.4. The number of carbonyl (C=O) groups excluding carboxylic acids is 1. The summed E-state index contributed by atoms with van der Waals surface area (Å²) in [6.45, 7) is 0. The molecule has 0 unspecified atom stereocenters. The van der Waals surface area contributed by atoms with Crippen molar-refractivity contribution in [2.45, 2.75) is 87.9 Å². The molecular weight excluding hydrogens is 412 g/mol. The number of hydrogen-bond donors (Lipinski definition) is 0. The van der Waals surface area contributed by atoms with Crippen molar-refractivity contribution in [3.05, 3.63) is 58.7 Å². The Labute approximate surface area is 203 Å². The van der Waals surface area contributed by atoms with E-state index in [0.29, 0.717) is 16.6 Å². The van der Waals surface area contributed by atoms with Gasteiger partial charge in [0.05, 0.1) is 0 Å². The highest BCUT2D eigenvalue weighted by Gasteiger charge is 2.53. The molecule has 0 atom stereocenters. The van der Waals surface area contributed by atoms with Gasteiger partial charge < -0.3 is 0 Å². The van der Waals surface area contributed by atoms with Crippen LogP contribution in [0.3, 0.4) is 0 Å². The minimum atomic E-state index is 0.308. The van der Waals surface area contributed by atoms with Crippen LogP contribution in [0.4, 0.5) is 0 Å². The SMILES string of the molecule is O=C1c2cc(C34CC5CC(CC(C5)C3)C4)ccc2-c2ccc(C34CC5CC(CC(C5)C3)C4)cc21. The molecular formula is C33H36O. The number of carbonyl (C=O) groups is 1. The minimum absolute atomic E-state index is 0.308. The molecule has 1 heteroatoms. The molecule has 0 aliphatic heterocycles. The van der Waals surface area contributed by atoms with Gasteiger partial charge in [-0.15, -0.1) is 0 Å². The lowest BCUT2D eigenvalue weighted by Gasteiger charge is -2.57. The summed E-state index contributed by atoms with van der Waals surface area (Å²) in [5.74, 6) is 5.95. The summed E-state index contributed by atoms with van der Waals surface area (Å²) in [6, 6.07) is 14.2. The van der Waals surface area contributed by atoms with E-state index in [1.165, 1.54) is 99.3 Å². The van der Waals surface area contributed by atoms with Crippen molar-refractivity contribution in [2.24, 2.45) is 35.5 Å². The predicted octanol–water partition coefficient (Wildman–Crippen LogP) is 7.83. The highest BCUT2D eigenvalue weighted by Crippen LogP contribution is 2.62. The van der Waals surface area contributed by atoms with Crippen LogP contribution in [0.2, 0.25) is 0 Å². The van der Waals surface area contributed by atoms with Crippen LogP contribution < -0.4 is 0 Å². The molecule has 9 aliphatic carbocycles. The monoisotopic (exact) mass is 448 g/mol. The van der Waals surface area contributed by atoms with Crippen molar-refractivity contribution in [3.63, 3.8) is 0 Å². The maximum atomic E-state index is 13.8. The van der Waals surface area contributed by atoms with Gasteiger partial charge in [-0.2, -0.15) is 0 Å². The maximum absolute atomic E-state index is 13.8. The highest BCUT2D eigenvalue weighted by molar-refractivity contribution is 6.21. The van der Waals surface area contributed by atoms with Crippen LogP contribution in [0.5, 0.6) is 0 Å². The topological polar surface area (TPSA) is 17.1 Å². The predicted molar refractivity (Wildman–Crippen MR) is 135 cm³/mol. The van der Waals surface area contributed by atoms with E-state index >= 15 is 0 Å². The molecule has 0 N–H and O–H groups in total. The van der Waals surface area contributed by atoms with Gasteiger partial charge in [-0.3, -0.25) is 4.79 Å². The molecule has 174 valence electrons. The van der Waals surface area contributed by atoms with Crippen LogP contribution in [-0.2, 0) is 10.8 Å². The molecule has 9 aliphatic rings. The van der Waals surface area contributed by atoms with Crippen molar-refractivity contribution < 1.29 is 4.79 Å². The summed E-state index contributed by atoms with van der Waals surface area (Å²) in [5.41, 5.74) is 8.13. The van der Waals surface area contributed by atoms with Gasteiger partial charge in [0.2, 0.25) is 0 Å². The molecule has 0 aromatic heterocycles. The standard InChI is InChI=1S/C33H36O/c34-31-29-11-25(32-13-19-5-20(14-32)7-21(6-19)15-32)1-3-27(29)28-4-2-26(12-30(28)31)33-16-22-8-23(17-33)10-24(9-22)18-33/h1-4,11-12,19-24H,5-10,13-18H2. The van der Waals surface area contributed by atoms with E-state index in [0.717, 1.165) is 46.6 Å². The van der Waals surface area contributed by atoms with Crippen LogP contribution in [0.1, 0.15) is 104 Å². The summed E-state index contributed by atoms with van der Waals surface area (Å²) in [5, 5.41) is 0. The van der Waals surface area contributed by atoms with Crippen LogP contribution in [-0.4, -0.2) is 5.78 Å². The fourth-order valence-electron chi connectivity index (χ4n) is 11.7. The smallest absolute Gasteiger partial charge is 0.194 e. The average Bonchev–Trinajstić information content (AvgIpc) is 3.09. The zero-order valence-corrected chi connectivity index (χ0v) is 20.3. The molecule has 8 saturated carbocycles. The largest absolute Gasteiger partial charge is 0.289 e. The van der Waals surface area contributed by atoms with Crippen molar-refractivity contribution >= 4 is 5.78 Å². The van der Waals surface area contributed by atoms with Gasteiger partial charge in [-0.1, -0.05) is 24.3 Å². The van der Waals surface area contributed by atoms with E-state index in [-0.39, 0.29) is 0 Å². The van der Waals surface area contributed by atoms with Gasteiger partial charge in [-0.05, 0) is 158 Å². The molecule has 1 nitrogen and oxygen atoms in total. The molecule has 8 fully saturated rings. The summed E-state index contributed by atoms with van der Waals surface area (Å²) >= 11 is 0. The Balaban J connectivity index is 1.10. The molecule has 2 aromatic carbocycles. The second kappa shape index (κ2) is 6.26. The maximum Gasteiger partial charge on any atom is 0.194 e. The van der Waals surface area contributed by atoms with E-state index in [4.69, 9.17) is 0 Å². The Kier molecular flexibility index (Phi) is 3.56. The summed E-state index contributed by atoms with van der Waals surface area (Å²) in [6.07, 6.45) is 17.1. The fraction of sp³-hybridized carbons (Fsp3) is 0.606. The molecule has 34 heavy (non-hydrogen) atoms. The summed E-state index contributed by atoms with van der Waals surface area (Å²) in [4.78, 5) is 13.8. The molecule has 0 radical (unpaired) electrons. The molecule has 2 aromatic rings. The minimum Gasteiger partial charge on any atom is -0.289 e. The van der Waals surface area contributed by atoms with Crippen molar-refractivity contribution in [1.29, 1.82) is 0 Å². The molecule has 0 spiro atoms. The van der Waals surface area contributed by atoms with Crippen molar-refractivity contribution in [2.75, 3.05) is 0 Å². The number of hydrogen-bond acceptors (Lipinski definition) is 1. The van der Waals surface area contributed by atoms with Crippen LogP contribution in [0, 0.1) is 35.5 Å². The highest BCUT2D eigenvalue weighted by atomic mass is 16.1. The fourth-order valence-corrected chi connectivity index (χ4v) is 11.7. The van der Waals surface area contributed by atoms with Gasteiger partial charge in [0.25, 0.3) is 0 Å². The second-order valence-corrected chi connectivity index (χ2v) is 14.2. The van der Waals surface area contributed by atoms with Gasteiger partial charge in [-0.25, -0.2) is 0 Å². The lowest BCUT2D eigenvalue weighted by Crippen LogP contribution is -2.48. The molecule has 0 amide bonds. The van der Waals surface area contributed by atoms with E-state index in [1.54, 1.807) is 0 Å². The van der Waals surface area contributed by atoms with Crippen molar-refractivity contribution in [3.8, 4) is 11.1 Å². The molecule has 0 heterocycles. The van der Waals surface area contributed by atoms with E-state index in [9.17, 15) is 4.79 Å². The first kappa shape index (κ1) is 19.3. The van der Waals surface area contributed by atoms with Crippen LogP contribution >= 0.6 is 0 Å². The van der Waals surface area contributed by atoms with Gasteiger partial charge in [0.15, 0.2) is 5.78 Å². The Bertz CT molecular complexity index is 1080. The zero-order valence-electron chi connectivity index (χ0n) is 20.3. The number of rotatable bonds is 2. The van der Waals surface area contributed by atoms with Crippen LogP contribution in [0.15, 0.2) is 36.4 Å². The van der Waals surface area contributed by atoms with E-state index < -0.39 is 0 Å². The van der Waals surface area contributed by atoms with Crippen LogP contribution in [0.25, 0.3) is 11.1 Å². The Morgan fingerprint density at radius 1 is 0.471 bits per heavy atom. The normalized spacial score (nSPS) is 44.5. The first-order valence-electron chi connectivity index (χ1n) is 14.4. The van der Waals surface area contributed by atoms with Crippen molar-refractivity contribution in [1.82, 2.24) is 0 Å². The van der Waals surface area contributed by atoms with Gasteiger partial charge in [0, 0.05) is 11.1 Å². The number of benzene rings is 2. The Morgan fingerprint density at radius 2 is 0.794 bits per heavy atom. The first-order chi connectivity index (χ1) is 16.6. The average molecular weight is 449 g/mol. The Morgan fingerprint density at radius 3 is 1.12 bits per heavy atom. The number of fused-ring (bicyclic) bond motifs is 3. The second-order valence-electron chi connectivity index (χ2n) is 14.2. The summed E-state index contributed by atoms with van der Waals surface area (Å²) in [7, 11) is 0.